The van der Waals surface area contributed by atoms with Gasteiger partial charge in [-0.05, 0) is 37.0 Å². The van der Waals surface area contributed by atoms with E-state index in [4.69, 9.17) is 10.8 Å². The Morgan fingerprint density at radius 2 is 1.15 bits per heavy atom. The smallest absolute Gasteiger partial charge is 0.345 e. The lowest BCUT2D eigenvalue weighted by atomic mass is 10.1. The zero-order valence-corrected chi connectivity index (χ0v) is 42.8. The third kappa shape index (κ3) is 15.5. The topological polar surface area (TPSA) is 227 Å². The van der Waals surface area contributed by atoms with Crippen molar-refractivity contribution < 1.29 is 41.1 Å². The fourth-order valence-electron chi connectivity index (χ4n) is 5.63. The largest absolute Gasteiger partial charge is 0.477 e. The highest BCUT2D eigenvalue weighted by molar-refractivity contribution is 7.98. The first-order chi connectivity index (χ1) is 31.3. The van der Waals surface area contributed by atoms with Crippen molar-refractivity contribution in [2.75, 3.05) is 40.2 Å². The van der Waals surface area contributed by atoms with E-state index in [-0.39, 0.29) is 43.6 Å². The molecular weight excluding hydrogens is 981 g/mol. The number of thioether (sulfide) groups is 1. The number of thiazole rings is 2. The minimum atomic E-state index is -3.62. The van der Waals surface area contributed by atoms with Gasteiger partial charge in [-0.3, -0.25) is 14.4 Å². The number of Topliss-reactive ketones (excluding diaryl/α,β-unsaturated/α-hetero) is 2. The van der Waals surface area contributed by atoms with Gasteiger partial charge in [0, 0.05) is 60.8 Å². The Kier molecular flexibility index (Phi) is 21.0. The van der Waals surface area contributed by atoms with Crippen LogP contribution in [-0.4, -0.2) is 116 Å². The number of nitrogens with zero attached hydrogens (tertiary/aromatic N) is 4. The van der Waals surface area contributed by atoms with Gasteiger partial charge in [0.15, 0.2) is 11.6 Å². The molecule has 1 amide bonds. The van der Waals surface area contributed by atoms with E-state index in [2.05, 4.69) is 15.3 Å². The van der Waals surface area contributed by atoms with Crippen molar-refractivity contribution in [3.8, 4) is 22.5 Å². The molecule has 0 saturated carbocycles. The van der Waals surface area contributed by atoms with Crippen molar-refractivity contribution in [1.29, 1.82) is 0 Å². The minimum absolute atomic E-state index is 0.0184. The van der Waals surface area contributed by atoms with E-state index in [9.17, 15) is 36.0 Å². The zero-order valence-electron chi connectivity index (χ0n) is 37.1. The number of aromatic carboxylic acids is 1. The zero-order chi connectivity index (χ0) is 48.6. The van der Waals surface area contributed by atoms with Crippen LogP contribution in [0.4, 0.5) is 0 Å². The van der Waals surface area contributed by atoms with Gasteiger partial charge in [0.25, 0.3) is 5.91 Å². The van der Waals surface area contributed by atoms with Crippen LogP contribution in [0.25, 0.3) is 22.5 Å². The van der Waals surface area contributed by atoms with Crippen LogP contribution in [0.1, 0.15) is 55.5 Å². The van der Waals surface area contributed by atoms with E-state index in [1.54, 1.807) is 11.8 Å². The van der Waals surface area contributed by atoms with Crippen LogP contribution in [0.2, 0.25) is 0 Å². The molecule has 354 valence electrons. The highest BCUT2D eigenvalue weighted by Crippen LogP contribution is 2.25. The molecule has 15 nitrogen and oxygen atoms in total. The first-order valence-corrected chi connectivity index (χ1v) is 27.9. The molecule has 6 aromatic rings. The maximum atomic E-state index is 13.0. The van der Waals surface area contributed by atoms with Crippen LogP contribution in [0.15, 0.2) is 104 Å². The molecule has 0 bridgehead atoms. The molecule has 2 aromatic carbocycles. The molecule has 2 atom stereocenters. The van der Waals surface area contributed by atoms with Crippen molar-refractivity contribution in [3.63, 3.8) is 0 Å². The van der Waals surface area contributed by atoms with Crippen molar-refractivity contribution in [3.05, 3.63) is 114 Å². The lowest BCUT2D eigenvalue weighted by Crippen LogP contribution is -2.41. The maximum absolute atomic E-state index is 13.0. The number of sulfonamides is 2. The van der Waals surface area contributed by atoms with E-state index >= 15 is 0 Å². The minimum Gasteiger partial charge on any atom is -0.477 e. The molecule has 4 aromatic heterocycles. The van der Waals surface area contributed by atoms with Crippen LogP contribution in [-0.2, 0) is 42.5 Å². The first kappa shape index (κ1) is 54.1. The van der Waals surface area contributed by atoms with Crippen molar-refractivity contribution in [2.45, 2.75) is 60.9 Å². The summed E-state index contributed by atoms with van der Waals surface area (Å²) >= 11 is 6.47. The molecule has 6 rings (SSSR count). The fourth-order valence-corrected chi connectivity index (χ4v) is 11.8. The molecule has 0 aliphatic rings. The van der Waals surface area contributed by atoms with E-state index in [1.807, 2.05) is 84.6 Å². The molecule has 0 aliphatic carbocycles. The molecule has 0 spiro atoms. The number of thiophene rings is 2. The third-order valence-corrected chi connectivity index (χ3v) is 17.4. The molecule has 0 saturated heterocycles. The summed E-state index contributed by atoms with van der Waals surface area (Å²) in [5.74, 6) is -0.909. The molecule has 66 heavy (non-hydrogen) atoms. The summed E-state index contributed by atoms with van der Waals surface area (Å²) in [7, 11) is -1.47. The second-order valence-corrected chi connectivity index (χ2v) is 23.6. The Morgan fingerprint density at radius 1 is 0.697 bits per heavy atom. The van der Waals surface area contributed by atoms with Crippen LogP contribution in [0.3, 0.4) is 0 Å². The van der Waals surface area contributed by atoms with Crippen molar-refractivity contribution >= 4 is 101 Å². The van der Waals surface area contributed by atoms with Crippen LogP contribution < -0.4 is 11.1 Å². The number of carbonyl (C=O) groups excluding carboxylic acids is 3. The summed E-state index contributed by atoms with van der Waals surface area (Å²) in [5.41, 5.74) is 9.64. The highest BCUT2D eigenvalue weighted by Gasteiger charge is 2.26. The van der Waals surface area contributed by atoms with Crippen molar-refractivity contribution in [1.82, 2.24) is 23.9 Å². The lowest BCUT2D eigenvalue weighted by Gasteiger charge is -2.16. The molecule has 22 heteroatoms. The molecule has 4 heterocycles. The van der Waals surface area contributed by atoms with Gasteiger partial charge in [-0.1, -0.05) is 74.0 Å². The number of carboxylic acids is 1. The molecule has 0 fully saturated rings. The predicted molar refractivity (Wildman–Crippen MR) is 267 cm³/mol. The Balaban J connectivity index is 0.000000242. The lowest BCUT2D eigenvalue weighted by molar-refractivity contribution is -0.120. The van der Waals surface area contributed by atoms with Crippen molar-refractivity contribution in [2.24, 2.45) is 5.73 Å². The molecular formula is C44H52N6O9S7. The summed E-state index contributed by atoms with van der Waals surface area (Å²) in [6.45, 7) is 2.03. The molecule has 2 unspecified atom stereocenters. The number of carbonyl (C=O) groups is 4. The third-order valence-electron chi connectivity index (χ3n) is 9.35. The number of ketones is 2. The Labute approximate surface area is 406 Å². The summed E-state index contributed by atoms with van der Waals surface area (Å²) in [5, 5.41) is 19.6. The Morgan fingerprint density at radius 3 is 1.58 bits per heavy atom. The summed E-state index contributed by atoms with van der Waals surface area (Å²) < 4.78 is 49.7. The number of aromatic nitrogens is 2. The molecule has 4 N–H and O–H groups in total. The monoisotopic (exact) mass is 1030 g/mol. The van der Waals surface area contributed by atoms with Crippen LogP contribution in [0.5, 0.6) is 0 Å². The van der Waals surface area contributed by atoms with Gasteiger partial charge in [0.05, 0.1) is 51.0 Å². The van der Waals surface area contributed by atoms with E-state index < -0.39 is 38.0 Å². The van der Waals surface area contributed by atoms with Crippen LogP contribution in [0, 0.1) is 0 Å². The Bertz CT molecular complexity index is 2750. The van der Waals surface area contributed by atoms with E-state index in [0.717, 1.165) is 77.7 Å². The summed E-state index contributed by atoms with van der Waals surface area (Å²) in [6.07, 6.45) is 4.57. The number of nitrogens with two attached hydrogens (primary N) is 1. The number of amides is 1. The van der Waals surface area contributed by atoms with Gasteiger partial charge in [-0.2, -0.15) is 11.8 Å². The number of benzene rings is 2. The maximum Gasteiger partial charge on any atom is 0.345 e. The highest BCUT2D eigenvalue weighted by atomic mass is 32.2. The summed E-state index contributed by atoms with van der Waals surface area (Å²) in [6, 6.07) is 21.2. The number of carboxylic acid groups (broad SMARTS) is 1. The van der Waals surface area contributed by atoms with Crippen LogP contribution >= 0.6 is 57.1 Å². The number of nitrogens with one attached hydrogen (secondary N) is 1. The SMILES string of the molecule is CCCC(N)C(=O)Cc1nc(-c2ccccc2)cs1.CN(C)S(=O)(=O)c1csc(C(=O)O)c1.CSCCC(NC(=O)c1cc(S(=O)(=O)N(C)C)cs1)C(=O)Cc1nc(-c2ccccc2)cs1. The second-order valence-electron chi connectivity index (χ2n) is 14.6. The predicted octanol–water partition coefficient (Wildman–Crippen LogP) is 7.53. The number of hydrogen-bond donors (Lipinski definition) is 3. The van der Waals surface area contributed by atoms with Gasteiger partial charge in [-0.25, -0.2) is 40.2 Å². The Hall–Kier alpha value is -4.49. The standard InChI is InChI=1S/C22H25N3O4S4.C15H18N2OS.C7H9NO4S2/c1-25(2)33(28,29)16-11-20(31-13-16)22(27)24-17(9-10-30-3)19(26)12-21-23-18(14-32-21)15-7-5-4-6-8-15;1-2-6-12(16)14(18)9-15-17-13(10-19-15)11-7-4-3-5-8-11;1-8(2)14(11,12)5-3-6(7(9)10)13-4-5/h4-8,11,13-14,17H,9-10,12H2,1-3H3,(H,24,27);3-5,7-8,10,12H,2,6,9,16H2,1H3;3-4H,1-2H3,(H,9,10). The van der Waals surface area contributed by atoms with E-state index in [0.29, 0.717) is 23.6 Å². The van der Waals surface area contributed by atoms with Gasteiger partial charge >= 0.3 is 5.97 Å². The average molecular weight is 1030 g/mol. The quantitative estimate of drug-likeness (QED) is 0.0673. The normalized spacial score (nSPS) is 12.4. The first-order valence-electron chi connectivity index (χ1n) is 20.1. The fraction of sp³-hybridized carbons (Fsp3) is 0.318. The van der Waals surface area contributed by atoms with E-state index in [1.165, 1.54) is 67.7 Å². The number of rotatable bonds is 20. The van der Waals surface area contributed by atoms with Gasteiger partial charge in [-0.15, -0.1) is 45.3 Å². The van der Waals surface area contributed by atoms with Gasteiger partial charge in [0.1, 0.15) is 14.9 Å². The van der Waals surface area contributed by atoms with Gasteiger partial charge in [0.2, 0.25) is 20.0 Å². The van der Waals surface area contributed by atoms with Gasteiger partial charge < -0.3 is 16.2 Å². The summed E-state index contributed by atoms with van der Waals surface area (Å²) in [4.78, 5) is 57.7. The average Bonchev–Trinajstić information content (AvgIpc) is 4.14. The molecule has 0 radical (unpaired) electrons. The second kappa shape index (κ2) is 25.6. The molecule has 0 aliphatic heterocycles. The number of hydrogen-bond acceptors (Lipinski definition) is 16.